The van der Waals surface area contributed by atoms with Gasteiger partial charge in [-0.1, -0.05) is 40.9 Å². The third-order valence-electron chi connectivity index (χ3n) is 3.07. The van der Waals surface area contributed by atoms with Crippen molar-refractivity contribution >= 4 is 40.5 Å². The van der Waals surface area contributed by atoms with Crippen LogP contribution in [-0.4, -0.2) is 18.6 Å². The molecule has 1 heterocycles. The van der Waals surface area contributed by atoms with E-state index >= 15 is 0 Å². The molecule has 0 radical (unpaired) electrons. The second-order valence-electron chi connectivity index (χ2n) is 4.45. The molecule has 0 atom stereocenters. The molecular formula is C15H17Cl2N3. The minimum atomic E-state index is 0.515. The van der Waals surface area contributed by atoms with Gasteiger partial charge in [-0.15, -0.1) is 0 Å². The first kappa shape index (κ1) is 14.9. The molecule has 0 aliphatic carbocycles. The maximum absolute atomic E-state index is 6.30. The molecule has 0 fully saturated rings. The van der Waals surface area contributed by atoms with Gasteiger partial charge in [0, 0.05) is 19.3 Å². The number of anilines is 3. The van der Waals surface area contributed by atoms with E-state index < -0.39 is 0 Å². The first-order chi connectivity index (χ1) is 9.56. The minimum absolute atomic E-state index is 0.515. The highest BCUT2D eigenvalue weighted by Gasteiger charge is 2.15. The summed E-state index contributed by atoms with van der Waals surface area (Å²) < 4.78 is 0. The number of hydrogen-bond acceptors (Lipinski definition) is 3. The van der Waals surface area contributed by atoms with E-state index in [1.54, 1.807) is 13.1 Å². The van der Waals surface area contributed by atoms with Crippen LogP contribution in [0.15, 0.2) is 30.3 Å². The summed E-state index contributed by atoms with van der Waals surface area (Å²) in [6.45, 7) is 4.89. The zero-order valence-electron chi connectivity index (χ0n) is 11.7. The van der Waals surface area contributed by atoms with Crippen molar-refractivity contribution in [2.24, 2.45) is 0 Å². The molecule has 0 saturated carbocycles. The van der Waals surface area contributed by atoms with Crippen LogP contribution in [0.2, 0.25) is 10.0 Å². The topological polar surface area (TPSA) is 28.2 Å². The van der Waals surface area contributed by atoms with Gasteiger partial charge in [0.25, 0.3) is 0 Å². The molecule has 1 aromatic carbocycles. The molecule has 5 heteroatoms. The standard InChI is InChI=1S/C15H17Cl2N3/c1-4-20(11-7-5-10(2)6-8-11)15-13(17)9-12(16)14(18-3)19-15/h5-9H,4H2,1-3H3,(H,18,19). The van der Waals surface area contributed by atoms with Gasteiger partial charge >= 0.3 is 0 Å². The smallest absolute Gasteiger partial charge is 0.154 e. The predicted molar refractivity (Wildman–Crippen MR) is 87.7 cm³/mol. The van der Waals surface area contributed by atoms with E-state index in [4.69, 9.17) is 23.2 Å². The number of hydrogen-bond donors (Lipinski definition) is 1. The lowest BCUT2D eigenvalue weighted by Crippen LogP contribution is -2.18. The van der Waals surface area contributed by atoms with Crippen molar-refractivity contribution < 1.29 is 0 Å². The molecule has 0 amide bonds. The maximum Gasteiger partial charge on any atom is 0.154 e. The lowest BCUT2D eigenvalue weighted by Gasteiger charge is -2.24. The van der Waals surface area contributed by atoms with E-state index in [1.807, 2.05) is 0 Å². The fourth-order valence-electron chi connectivity index (χ4n) is 2.00. The third kappa shape index (κ3) is 3.00. The molecule has 0 spiro atoms. The first-order valence-electron chi connectivity index (χ1n) is 6.44. The number of aromatic nitrogens is 1. The molecule has 0 bridgehead atoms. The lowest BCUT2D eigenvalue weighted by atomic mass is 10.2. The normalized spacial score (nSPS) is 10.4. The Labute approximate surface area is 129 Å². The van der Waals surface area contributed by atoms with Crippen LogP contribution in [0, 0.1) is 6.92 Å². The molecule has 2 aromatic rings. The Morgan fingerprint density at radius 2 is 1.80 bits per heavy atom. The van der Waals surface area contributed by atoms with Gasteiger partial charge in [-0.3, -0.25) is 0 Å². The second kappa shape index (κ2) is 6.33. The van der Waals surface area contributed by atoms with E-state index in [0.717, 1.165) is 12.2 Å². The number of pyridine rings is 1. The van der Waals surface area contributed by atoms with Crippen molar-refractivity contribution in [1.29, 1.82) is 0 Å². The van der Waals surface area contributed by atoms with E-state index in [9.17, 15) is 0 Å². The van der Waals surface area contributed by atoms with Gasteiger partial charge in [-0.2, -0.15) is 0 Å². The van der Waals surface area contributed by atoms with Crippen molar-refractivity contribution in [1.82, 2.24) is 4.98 Å². The van der Waals surface area contributed by atoms with Crippen molar-refractivity contribution in [3.8, 4) is 0 Å². The average molecular weight is 310 g/mol. The molecule has 3 nitrogen and oxygen atoms in total. The van der Waals surface area contributed by atoms with E-state index in [1.165, 1.54) is 5.56 Å². The molecule has 0 aliphatic heterocycles. The largest absolute Gasteiger partial charge is 0.372 e. The number of aryl methyl sites for hydroxylation is 1. The molecule has 0 unspecified atom stereocenters. The number of benzene rings is 1. The summed E-state index contributed by atoms with van der Waals surface area (Å²) >= 11 is 12.4. The highest BCUT2D eigenvalue weighted by Crippen LogP contribution is 2.34. The van der Waals surface area contributed by atoms with E-state index in [0.29, 0.717) is 21.7 Å². The molecule has 0 aliphatic rings. The van der Waals surface area contributed by atoms with Crippen LogP contribution in [0.3, 0.4) is 0 Å². The Hall–Kier alpha value is -1.45. The highest BCUT2D eigenvalue weighted by atomic mass is 35.5. The second-order valence-corrected chi connectivity index (χ2v) is 5.27. The Kier molecular flexibility index (Phi) is 4.73. The number of rotatable bonds is 4. The van der Waals surface area contributed by atoms with Gasteiger partial charge in [0.1, 0.15) is 5.82 Å². The predicted octanol–water partition coefficient (Wildman–Crippen LogP) is 4.90. The molecule has 0 saturated heterocycles. The van der Waals surface area contributed by atoms with Crippen LogP contribution >= 0.6 is 23.2 Å². The molecule has 106 valence electrons. The van der Waals surface area contributed by atoms with Crippen molar-refractivity contribution in [3.63, 3.8) is 0 Å². The van der Waals surface area contributed by atoms with Crippen LogP contribution < -0.4 is 10.2 Å². The van der Waals surface area contributed by atoms with Crippen LogP contribution in [0.4, 0.5) is 17.3 Å². The zero-order chi connectivity index (χ0) is 14.7. The average Bonchev–Trinajstić information content (AvgIpc) is 2.43. The summed E-state index contributed by atoms with van der Waals surface area (Å²) in [5, 5.41) is 4.03. The Morgan fingerprint density at radius 1 is 1.15 bits per heavy atom. The van der Waals surface area contributed by atoms with Gasteiger partial charge in [-0.25, -0.2) is 4.98 Å². The van der Waals surface area contributed by atoms with Crippen LogP contribution in [0.1, 0.15) is 12.5 Å². The Bertz CT molecular complexity index is 597. The summed E-state index contributed by atoms with van der Waals surface area (Å²) in [4.78, 5) is 6.57. The van der Waals surface area contributed by atoms with Gasteiger partial charge in [0.15, 0.2) is 5.82 Å². The van der Waals surface area contributed by atoms with Crippen molar-refractivity contribution in [2.45, 2.75) is 13.8 Å². The number of nitrogens with zero attached hydrogens (tertiary/aromatic N) is 2. The monoisotopic (exact) mass is 309 g/mol. The van der Waals surface area contributed by atoms with Crippen LogP contribution in [0.5, 0.6) is 0 Å². The van der Waals surface area contributed by atoms with Crippen LogP contribution in [-0.2, 0) is 0 Å². The van der Waals surface area contributed by atoms with Crippen molar-refractivity contribution in [3.05, 3.63) is 45.9 Å². The highest BCUT2D eigenvalue weighted by molar-refractivity contribution is 6.37. The summed E-state index contributed by atoms with van der Waals surface area (Å²) in [5.41, 5.74) is 2.27. The molecule has 1 aromatic heterocycles. The fourth-order valence-corrected chi connectivity index (χ4v) is 2.56. The Balaban J connectivity index is 2.48. The molecule has 1 N–H and O–H groups in total. The van der Waals surface area contributed by atoms with Gasteiger partial charge in [-0.05, 0) is 32.0 Å². The van der Waals surface area contributed by atoms with E-state index in [2.05, 4.69) is 53.3 Å². The summed E-state index contributed by atoms with van der Waals surface area (Å²) in [5.74, 6) is 1.32. The fraction of sp³-hybridized carbons (Fsp3) is 0.267. The van der Waals surface area contributed by atoms with E-state index in [-0.39, 0.29) is 0 Å². The molecular weight excluding hydrogens is 293 g/mol. The quantitative estimate of drug-likeness (QED) is 0.871. The first-order valence-corrected chi connectivity index (χ1v) is 7.20. The van der Waals surface area contributed by atoms with Crippen molar-refractivity contribution in [2.75, 3.05) is 23.8 Å². The molecule has 2 rings (SSSR count). The molecule has 20 heavy (non-hydrogen) atoms. The minimum Gasteiger partial charge on any atom is -0.372 e. The van der Waals surface area contributed by atoms with Gasteiger partial charge < -0.3 is 10.2 Å². The SMILES string of the molecule is CCN(c1ccc(C)cc1)c1nc(NC)c(Cl)cc1Cl. The summed E-state index contributed by atoms with van der Waals surface area (Å²) in [7, 11) is 1.79. The zero-order valence-corrected chi connectivity index (χ0v) is 13.3. The Morgan fingerprint density at radius 3 is 2.35 bits per heavy atom. The maximum atomic E-state index is 6.30. The van der Waals surface area contributed by atoms with Gasteiger partial charge in [0.05, 0.1) is 10.0 Å². The summed E-state index contributed by atoms with van der Waals surface area (Å²) in [6, 6.07) is 9.98. The van der Waals surface area contributed by atoms with Gasteiger partial charge in [0.2, 0.25) is 0 Å². The third-order valence-corrected chi connectivity index (χ3v) is 3.63. The summed E-state index contributed by atoms with van der Waals surface area (Å²) in [6.07, 6.45) is 0. The van der Waals surface area contributed by atoms with Crippen LogP contribution in [0.25, 0.3) is 0 Å². The number of halogens is 2. The lowest BCUT2D eigenvalue weighted by molar-refractivity contribution is 0.990. The number of nitrogens with one attached hydrogen (secondary N) is 1.